The molecule has 168 valence electrons. The summed E-state index contributed by atoms with van der Waals surface area (Å²) >= 11 is 3.40. The second kappa shape index (κ2) is 11.0. The first-order valence-corrected chi connectivity index (χ1v) is 11.8. The molecule has 1 heterocycles. The standard InChI is InChI=1S/C27H26BrN3O2/c28-23-9-6-22(7-10-23)20-26(32)29-24-11-13-25(14-12-24)30-16-18-31(19-17-30)27(33)15-8-21-4-2-1-3-5-21/h1-15H,16-20H2,(H,29,32)/b15-8+. The van der Waals surface area contributed by atoms with Crippen LogP contribution in [0.2, 0.25) is 0 Å². The molecule has 5 nitrogen and oxygen atoms in total. The number of hydrogen-bond donors (Lipinski definition) is 1. The van der Waals surface area contributed by atoms with Crippen LogP contribution in [0.25, 0.3) is 6.08 Å². The highest BCUT2D eigenvalue weighted by molar-refractivity contribution is 9.10. The molecule has 0 bridgehead atoms. The van der Waals surface area contributed by atoms with Gasteiger partial charge in [-0.25, -0.2) is 0 Å². The van der Waals surface area contributed by atoms with E-state index in [0.29, 0.717) is 19.5 Å². The van der Waals surface area contributed by atoms with Crippen molar-refractivity contribution in [1.29, 1.82) is 0 Å². The maximum absolute atomic E-state index is 12.5. The average molecular weight is 504 g/mol. The molecule has 4 rings (SSSR count). The lowest BCUT2D eigenvalue weighted by atomic mass is 10.1. The molecule has 0 radical (unpaired) electrons. The third-order valence-corrected chi connectivity index (χ3v) is 6.13. The summed E-state index contributed by atoms with van der Waals surface area (Å²) in [6.07, 6.45) is 3.85. The van der Waals surface area contributed by atoms with E-state index in [0.717, 1.165) is 40.1 Å². The van der Waals surface area contributed by atoms with E-state index in [9.17, 15) is 9.59 Å². The summed E-state index contributed by atoms with van der Waals surface area (Å²) in [5.41, 5.74) is 3.86. The Labute approximate surface area is 202 Å². The number of nitrogens with one attached hydrogen (secondary N) is 1. The minimum Gasteiger partial charge on any atom is -0.368 e. The summed E-state index contributed by atoms with van der Waals surface area (Å²) < 4.78 is 0.996. The molecule has 0 unspecified atom stereocenters. The molecule has 3 aromatic carbocycles. The Morgan fingerprint density at radius 1 is 0.848 bits per heavy atom. The number of carbonyl (C=O) groups is 2. The quantitative estimate of drug-likeness (QED) is 0.482. The molecule has 0 aromatic heterocycles. The van der Waals surface area contributed by atoms with E-state index in [1.54, 1.807) is 6.08 Å². The molecule has 1 N–H and O–H groups in total. The van der Waals surface area contributed by atoms with Gasteiger partial charge in [-0.2, -0.15) is 0 Å². The van der Waals surface area contributed by atoms with Crippen molar-refractivity contribution < 1.29 is 9.59 Å². The van der Waals surface area contributed by atoms with Crippen molar-refractivity contribution in [3.05, 3.63) is 101 Å². The zero-order chi connectivity index (χ0) is 23.0. The largest absolute Gasteiger partial charge is 0.368 e. The van der Waals surface area contributed by atoms with E-state index < -0.39 is 0 Å². The molecule has 0 saturated carbocycles. The third-order valence-electron chi connectivity index (χ3n) is 5.60. The van der Waals surface area contributed by atoms with E-state index in [4.69, 9.17) is 0 Å². The highest BCUT2D eigenvalue weighted by atomic mass is 79.9. The maximum atomic E-state index is 12.5. The first-order chi connectivity index (χ1) is 16.1. The van der Waals surface area contributed by atoms with Gasteiger partial charge in [0.15, 0.2) is 0 Å². The Morgan fingerprint density at radius 2 is 1.52 bits per heavy atom. The van der Waals surface area contributed by atoms with Crippen molar-refractivity contribution in [2.24, 2.45) is 0 Å². The number of amides is 2. The highest BCUT2D eigenvalue weighted by Crippen LogP contribution is 2.20. The summed E-state index contributed by atoms with van der Waals surface area (Å²) in [4.78, 5) is 29.0. The van der Waals surface area contributed by atoms with E-state index >= 15 is 0 Å². The van der Waals surface area contributed by atoms with E-state index in [1.165, 1.54) is 0 Å². The second-order valence-electron chi connectivity index (χ2n) is 7.95. The Morgan fingerprint density at radius 3 is 2.18 bits per heavy atom. The summed E-state index contributed by atoms with van der Waals surface area (Å²) in [5.74, 6) is 0.00286. The van der Waals surface area contributed by atoms with E-state index in [2.05, 4.69) is 26.1 Å². The molecule has 0 aliphatic carbocycles. The van der Waals surface area contributed by atoms with Crippen LogP contribution in [0, 0.1) is 0 Å². The first kappa shape index (κ1) is 22.8. The summed E-state index contributed by atoms with van der Waals surface area (Å²) in [6.45, 7) is 2.92. The van der Waals surface area contributed by atoms with Gasteiger partial charge in [0.1, 0.15) is 0 Å². The zero-order valence-electron chi connectivity index (χ0n) is 18.3. The number of piperazine rings is 1. The molecular formula is C27H26BrN3O2. The minimum absolute atomic E-state index is 0.0410. The van der Waals surface area contributed by atoms with Gasteiger partial charge < -0.3 is 15.1 Å². The molecule has 3 aromatic rings. The molecule has 2 amide bonds. The molecule has 33 heavy (non-hydrogen) atoms. The van der Waals surface area contributed by atoms with Gasteiger partial charge in [0.2, 0.25) is 11.8 Å². The number of carbonyl (C=O) groups excluding carboxylic acids is 2. The molecule has 1 aliphatic heterocycles. The predicted molar refractivity (Wildman–Crippen MR) is 137 cm³/mol. The monoisotopic (exact) mass is 503 g/mol. The smallest absolute Gasteiger partial charge is 0.246 e. The van der Waals surface area contributed by atoms with Crippen molar-refractivity contribution in [3.8, 4) is 0 Å². The average Bonchev–Trinajstić information content (AvgIpc) is 2.85. The molecule has 1 saturated heterocycles. The minimum atomic E-state index is -0.0410. The summed E-state index contributed by atoms with van der Waals surface area (Å²) in [7, 11) is 0. The second-order valence-corrected chi connectivity index (χ2v) is 8.87. The van der Waals surface area contributed by atoms with Crippen LogP contribution in [0.5, 0.6) is 0 Å². The Kier molecular flexibility index (Phi) is 7.58. The topological polar surface area (TPSA) is 52.7 Å². The van der Waals surface area contributed by atoms with Crippen LogP contribution in [-0.2, 0) is 16.0 Å². The third kappa shape index (κ3) is 6.56. The van der Waals surface area contributed by atoms with Crippen LogP contribution >= 0.6 is 15.9 Å². The van der Waals surface area contributed by atoms with Crippen molar-refractivity contribution in [3.63, 3.8) is 0 Å². The van der Waals surface area contributed by atoms with Gasteiger partial charge in [0.05, 0.1) is 6.42 Å². The van der Waals surface area contributed by atoms with Crippen LogP contribution in [0.4, 0.5) is 11.4 Å². The van der Waals surface area contributed by atoms with Gasteiger partial charge in [-0.15, -0.1) is 0 Å². The van der Waals surface area contributed by atoms with Gasteiger partial charge in [-0.1, -0.05) is 58.4 Å². The Bertz CT molecular complexity index is 1100. The molecule has 6 heteroatoms. The Balaban J connectivity index is 1.26. The van der Waals surface area contributed by atoms with Crippen LogP contribution in [0.1, 0.15) is 11.1 Å². The number of halogens is 1. The predicted octanol–water partition coefficient (Wildman–Crippen LogP) is 4.99. The zero-order valence-corrected chi connectivity index (χ0v) is 19.9. The highest BCUT2D eigenvalue weighted by Gasteiger charge is 2.19. The van der Waals surface area contributed by atoms with Crippen molar-refractivity contribution >= 4 is 45.2 Å². The molecule has 0 atom stereocenters. The summed E-state index contributed by atoms with van der Waals surface area (Å²) in [6, 6.07) is 25.5. The van der Waals surface area contributed by atoms with Crippen LogP contribution in [0.3, 0.4) is 0 Å². The lowest BCUT2D eigenvalue weighted by molar-refractivity contribution is -0.126. The number of hydrogen-bond acceptors (Lipinski definition) is 3. The van der Waals surface area contributed by atoms with Crippen LogP contribution in [-0.4, -0.2) is 42.9 Å². The van der Waals surface area contributed by atoms with Gasteiger partial charge >= 0.3 is 0 Å². The van der Waals surface area contributed by atoms with Gasteiger partial charge in [0.25, 0.3) is 0 Å². The molecule has 1 fully saturated rings. The van der Waals surface area contributed by atoms with Gasteiger partial charge in [-0.05, 0) is 53.6 Å². The Hall–Kier alpha value is -3.38. The van der Waals surface area contributed by atoms with Crippen molar-refractivity contribution in [2.45, 2.75) is 6.42 Å². The lowest BCUT2D eigenvalue weighted by Crippen LogP contribution is -2.48. The first-order valence-electron chi connectivity index (χ1n) is 11.0. The fourth-order valence-corrected chi connectivity index (χ4v) is 4.03. The molecule has 0 spiro atoms. The van der Waals surface area contributed by atoms with E-state index in [-0.39, 0.29) is 11.8 Å². The van der Waals surface area contributed by atoms with Crippen molar-refractivity contribution in [2.75, 3.05) is 36.4 Å². The number of anilines is 2. The van der Waals surface area contributed by atoms with Crippen LogP contribution < -0.4 is 10.2 Å². The number of rotatable bonds is 6. The van der Waals surface area contributed by atoms with Crippen LogP contribution in [0.15, 0.2) is 89.4 Å². The maximum Gasteiger partial charge on any atom is 0.246 e. The van der Waals surface area contributed by atoms with E-state index in [1.807, 2.05) is 89.8 Å². The number of nitrogens with zero attached hydrogens (tertiary/aromatic N) is 2. The fraction of sp³-hybridized carbons (Fsp3) is 0.185. The molecular weight excluding hydrogens is 478 g/mol. The summed E-state index contributed by atoms with van der Waals surface area (Å²) in [5, 5.41) is 2.95. The van der Waals surface area contributed by atoms with Gasteiger partial charge in [-0.3, -0.25) is 9.59 Å². The van der Waals surface area contributed by atoms with Crippen molar-refractivity contribution in [1.82, 2.24) is 4.90 Å². The lowest BCUT2D eigenvalue weighted by Gasteiger charge is -2.35. The fourth-order valence-electron chi connectivity index (χ4n) is 3.77. The molecule has 1 aliphatic rings. The van der Waals surface area contributed by atoms with Gasteiger partial charge in [0, 0.05) is 48.1 Å². The number of benzene rings is 3. The SMILES string of the molecule is O=C(Cc1ccc(Br)cc1)Nc1ccc(N2CCN(C(=O)/C=C/c3ccccc3)CC2)cc1. The normalized spacial score (nSPS) is 13.8.